The number of thioether (sulfide) groups is 1. The molecule has 4 rings (SSSR count). The molecule has 0 saturated carbocycles. The van der Waals surface area contributed by atoms with Gasteiger partial charge in [0.25, 0.3) is 0 Å². The van der Waals surface area contributed by atoms with Gasteiger partial charge < -0.3 is 9.47 Å². The van der Waals surface area contributed by atoms with Gasteiger partial charge in [-0.2, -0.15) is 0 Å². The van der Waals surface area contributed by atoms with Crippen molar-refractivity contribution in [2.45, 2.75) is 12.0 Å². The minimum Gasteiger partial charge on any atom is -0.453 e. The largest absolute Gasteiger partial charge is 0.453 e. The molecule has 1 aliphatic carbocycles. The number of carbonyl (C=O) groups excluding carboxylic acids is 2. The highest BCUT2D eigenvalue weighted by Crippen LogP contribution is 2.51. The Morgan fingerprint density at radius 1 is 1.20 bits per heavy atom. The number of cyclic esters (lactones) is 1. The van der Waals surface area contributed by atoms with E-state index >= 15 is 0 Å². The van der Waals surface area contributed by atoms with E-state index in [4.69, 9.17) is 9.47 Å². The molecule has 0 bridgehead atoms. The van der Waals surface area contributed by atoms with Crippen molar-refractivity contribution in [3.05, 3.63) is 58.0 Å². The van der Waals surface area contributed by atoms with E-state index in [-0.39, 0.29) is 17.9 Å². The lowest BCUT2D eigenvalue weighted by molar-refractivity contribution is 0.00518. The second-order valence-corrected chi connectivity index (χ2v) is 5.83. The van der Waals surface area contributed by atoms with Crippen molar-refractivity contribution < 1.29 is 19.1 Å². The van der Waals surface area contributed by atoms with E-state index in [1.54, 1.807) is 6.07 Å². The van der Waals surface area contributed by atoms with Gasteiger partial charge in [0.1, 0.15) is 6.61 Å². The molecule has 0 radical (unpaired) electrons. The van der Waals surface area contributed by atoms with Crippen molar-refractivity contribution in [2.24, 2.45) is 0 Å². The molecule has 1 atom stereocenters. The van der Waals surface area contributed by atoms with Crippen molar-refractivity contribution in [3.8, 4) is 0 Å². The molecule has 2 aliphatic heterocycles. The van der Waals surface area contributed by atoms with Gasteiger partial charge in [0.2, 0.25) is 0 Å². The second-order valence-electron chi connectivity index (χ2n) is 4.85. The van der Waals surface area contributed by atoms with E-state index in [1.807, 2.05) is 30.4 Å². The number of hydrogen-bond acceptors (Lipinski definition) is 5. The highest BCUT2D eigenvalue weighted by molar-refractivity contribution is 8.16. The van der Waals surface area contributed by atoms with Crippen molar-refractivity contribution in [1.29, 1.82) is 0 Å². The quantitative estimate of drug-likeness (QED) is 0.686. The predicted molar refractivity (Wildman–Crippen MR) is 73.3 cm³/mol. The summed E-state index contributed by atoms with van der Waals surface area (Å²) >= 11 is 1.05. The summed E-state index contributed by atoms with van der Waals surface area (Å²) in [7, 11) is 0. The predicted octanol–water partition coefficient (Wildman–Crippen LogP) is 3.15. The van der Waals surface area contributed by atoms with Crippen LogP contribution in [0.25, 0.3) is 0 Å². The number of rotatable bonds is 0. The van der Waals surface area contributed by atoms with Gasteiger partial charge in [0.05, 0.1) is 5.56 Å². The molecule has 100 valence electrons. The van der Waals surface area contributed by atoms with Gasteiger partial charge in [-0.3, -0.25) is 0 Å². The maximum atomic E-state index is 12.1. The van der Waals surface area contributed by atoms with Crippen LogP contribution >= 0.6 is 11.8 Å². The monoisotopic (exact) mass is 286 g/mol. The molecule has 0 aromatic heterocycles. The van der Waals surface area contributed by atoms with E-state index in [0.29, 0.717) is 12.0 Å². The van der Waals surface area contributed by atoms with Gasteiger partial charge in [0.15, 0.2) is 5.60 Å². The number of hydrogen-bond donors (Lipinski definition) is 0. The molecule has 1 spiro atoms. The molecule has 0 N–H and O–H groups in total. The highest BCUT2D eigenvalue weighted by Gasteiger charge is 2.50. The minimum absolute atomic E-state index is 0.174. The Bertz CT molecular complexity index is 704. The maximum Gasteiger partial charge on any atom is 0.372 e. The Morgan fingerprint density at radius 2 is 2.05 bits per heavy atom. The van der Waals surface area contributed by atoms with Gasteiger partial charge in [-0.05, 0) is 17.8 Å². The Labute approximate surface area is 119 Å². The van der Waals surface area contributed by atoms with E-state index < -0.39 is 5.60 Å². The summed E-state index contributed by atoms with van der Waals surface area (Å²) in [5.74, 6) is -0.315. The molecule has 1 aromatic rings. The standard InChI is InChI=1S/C15H10O4S/c16-13-9-4-1-2-5-10(9)15(19-13)7-3-6-12-11(15)8-18-14(17)20-12/h1-6H,7-8H2. The molecular weight excluding hydrogens is 276 g/mol. The fourth-order valence-electron chi connectivity index (χ4n) is 2.95. The van der Waals surface area contributed by atoms with Crippen LogP contribution in [0.3, 0.4) is 0 Å². The van der Waals surface area contributed by atoms with Crippen LogP contribution in [0, 0.1) is 0 Å². The van der Waals surface area contributed by atoms with Crippen LogP contribution in [0.1, 0.15) is 22.3 Å². The van der Waals surface area contributed by atoms with Crippen molar-refractivity contribution >= 4 is 23.0 Å². The summed E-state index contributed by atoms with van der Waals surface area (Å²) in [6.45, 7) is 0.174. The van der Waals surface area contributed by atoms with Crippen LogP contribution < -0.4 is 0 Å². The number of allylic oxidation sites excluding steroid dienone is 1. The van der Waals surface area contributed by atoms with Crippen molar-refractivity contribution in [1.82, 2.24) is 0 Å². The zero-order chi connectivity index (χ0) is 13.7. The van der Waals surface area contributed by atoms with E-state index in [9.17, 15) is 9.59 Å². The first kappa shape index (κ1) is 11.8. The lowest BCUT2D eigenvalue weighted by atomic mass is 9.80. The van der Waals surface area contributed by atoms with Gasteiger partial charge >= 0.3 is 11.3 Å². The van der Waals surface area contributed by atoms with E-state index in [1.165, 1.54) is 0 Å². The average Bonchev–Trinajstić information content (AvgIpc) is 2.73. The third-order valence-corrected chi connectivity index (χ3v) is 4.72. The van der Waals surface area contributed by atoms with E-state index in [2.05, 4.69) is 0 Å². The van der Waals surface area contributed by atoms with Gasteiger partial charge in [0, 0.05) is 22.5 Å². The molecule has 2 heterocycles. The van der Waals surface area contributed by atoms with Crippen LogP contribution in [-0.4, -0.2) is 17.9 Å². The van der Waals surface area contributed by atoms with E-state index in [0.717, 1.165) is 27.8 Å². The Morgan fingerprint density at radius 3 is 2.95 bits per heavy atom. The second kappa shape index (κ2) is 3.99. The lowest BCUT2D eigenvalue weighted by Crippen LogP contribution is -2.35. The highest BCUT2D eigenvalue weighted by atomic mass is 32.2. The SMILES string of the molecule is O=C1OCC2=C(C=CCC23OC(=O)c2ccccc23)S1. The molecule has 5 heteroatoms. The van der Waals surface area contributed by atoms with Crippen LogP contribution in [0.15, 0.2) is 46.9 Å². The summed E-state index contributed by atoms with van der Waals surface area (Å²) in [5.41, 5.74) is 1.52. The molecule has 3 aliphatic rings. The number of ether oxygens (including phenoxy) is 2. The van der Waals surface area contributed by atoms with Crippen LogP contribution in [0.4, 0.5) is 4.79 Å². The number of carbonyl (C=O) groups is 2. The first-order valence-electron chi connectivity index (χ1n) is 6.28. The van der Waals surface area contributed by atoms with Crippen LogP contribution in [-0.2, 0) is 15.1 Å². The lowest BCUT2D eigenvalue weighted by Gasteiger charge is -2.35. The van der Waals surface area contributed by atoms with Gasteiger partial charge in [-0.15, -0.1) is 0 Å². The average molecular weight is 286 g/mol. The Balaban J connectivity index is 1.93. The van der Waals surface area contributed by atoms with Crippen molar-refractivity contribution in [2.75, 3.05) is 6.61 Å². The van der Waals surface area contributed by atoms with Crippen molar-refractivity contribution in [3.63, 3.8) is 0 Å². The van der Waals surface area contributed by atoms with Gasteiger partial charge in [-0.1, -0.05) is 30.4 Å². The fraction of sp³-hybridized carbons (Fsp3) is 0.200. The fourth-order valence-corrected chi connectivity index (χ4v) is 3.75. The molecule has 4 nitrogen and oxygen atoms in total. The molecule has 0 fully saturated rings. The topological polar surface area (TPSA) is 52.6 Å². The number of fused-ring (bicyclic) bond motifs is 3. The third-order valence-electron chi connectivity index (χ3n) is 3.84. The van der Waals surface area contributed by atoms with Gasteiger partial charge in [-0.25, -0.2) is 9.59 Å². The summed E-state index contributed by atoms with van der Waals surface area (Å²) < 4.78 is 10.8. The molecule has 1 aromatic carbocycles. The zero-order valence-electron chi connectivity index (χ0n) is 10.4. The first-order valence-corrected chi connectivity index (χ1v) is 7.10. The molecular formula is C15H10O4S. The molecule has 0 saturated heterocycles. The van der Waals surface area contributed by atoms with Crippen LogP contribution in [0.2, 0.25) is 0 Å². The Kier molecular flexibility index (Phi) is 2.35. The summed E-state index contributed by atoms with van der Waals surface area (Å²) in [6, 6.07) is 7.39. The number of esters is 1. The normalized spacial score (nSPS) is 27.2. The minimum atomic E-state index is -0.800. The first-order chi connectivity index (χ1) is 9.71. The third kappa shape index (κ3) is 1.44. The number of benzene rings is 1. The van der Waals surface area contributed by atoms with Crippen LogP contribution in [0.5, 0.6) is 0 Å². The molecule has 1 unspecified atom stereocenters. The Hall–Kier alpha value is -2.01. The molecule has 0 amide bonds. The summed E-state index contributed by atoms with van der Waals surface area (Å²) in [6.07, 6.45) is 4.42. The summed E-state index contributed by atoms with van der Waals surface area (Å²) in [4.78, 5) is 24.3. The smallest absolute Gasteiger partial charge is 0.372 e. The molecule has 20 heavy (non-hydrogen) atoms. The zero-order valence-corrected chi connectivity index (χ0v) is 11.2. The summed E-state index contributed by atoms with van der Waals surface area (Å²) in [5, 5.41) is -0.317. The maximum absolute atomic E-state index is 12.1.